The topological polar surface area (TPSA) is 122 Å². The summed E-state index contributed by atoms with van der Waals surface area (Å²) in [6.07, 6.45) is 4.52. The zero-order chi connectivity index (χ0) is 24.8. The first kappa shape index (κ1) is 23.5. The van der Waals surface area contributed by atoms with Gasteiger partial charge in [-0.3, -0.25) is 19.9 Å². The number of aromatic amines is 2. The molecule has 2 aromatic rings. The van der Waals surface area contributed by atoms with Crippen molar-refractivity contribution in [1.82, 2.24) is 35.1 Å². The molecule has 6 rings (SSSR count). The second-order valence-corrected chi connectivity index (χ2v) is 10.8. The lowest BCUT2D eigenvalue weighted by Gasteiger charge is -2.43. The molecule has 4 aliphatic rings. The zero-order valence-corrected chi connectivity index (χ0v) is 21.1. The number of fused-ring (bicyclic) bond motifs is 1. The van der Waals surface area contributed by atoms with Crippen molar-refractivity contribution in [2.24, 2.45) is 5.92 Å². The predicted molar refractivity (Wildman–Crippen MR) is 133 cm³/mol. The minimum atomic E-state index is -0.268. The Hall–Kier alpha value is -2.92. The molecule has 0 radical (unpaired) electrons. The van der Waals surface area contributed by atoms with Gasteiger partial charge < -0.3 is 19.9 Å². The minimum absolute atomic E-state index is 0.0459. The lowest BCUT2D eigenvalue weighted by molar-refractivity contribution is 0.0279. The number of ether oxygens (including phenoxy) is 1. The number of anilines is 1. The Labute approximate surface area is 210 Å². The van der Waals surface area contributed by atoms with Crippen LogP contribution in [-0.4, -0.2) is 92.5 Å². The highest BCUT2D eigenvalue weighted by atomic mass is 16.5. The molecular weight excluding hydrogens is 460 g/mol. The maximum Gasteiger partial charge on any atom is 0.320 e. The normalized spacial score (nSPS) is 25.3. The molecule has 2 aromatic heterocycles. The van der Waals surface area contributed by atoms with Gasteiger partial charge in [0.1, 0.15) is 5.69 Å². The Morgan fingerprint density at radius 2 is 1.92 bits per heavy atom. The van der Waals surface area contributed by atoms with Gasteiger partial charge in [-0.2, -0.15) is 10.2 Å². The number of hydrogen-bond acceptors (Lipinski definition) is 6. The first-order chi connectivity index (χ1) is 17.5. The van der Waals surface area contributed by atoms with E-state index in [9.17, 15) is 9.59 Å². The number of aromatic nitrogens is 4. The van der Waals surface area contributed by atoms with Crippen molar-refractivity contribution < 1.29 is 14.3 Å². The van der Waals surface area contributed by atoms with Crippen molar-refractivity contribution in [2.75, 3.05) is 44.7 Å². The molecule has 3 amide bonds. The summed E-state index contributed by atoms with van der Waals surface area (Å²) in [7, 11) is 0. The fraction of sp³-hybridized carbons (Fsp3) is 0.680. The number of nitrogens with one attached hydrogen (secondary N) is 3. The number of urea groups is 1. The van der Waals surface area contributed by atoms with E-state index in [2.05, 4.69) is 37.5 Å². The predicted octanol–water partition coefficient (Wildman–Crippen LogP) is 2.69. The molecule has 3 fully saturated rings. The van der Waals surface area contributed by atoms with Gasteiger partial charge in [-0.1, -0.05) is 0 Å². The number of piperazine rings is 1. The van der Waals surface area contributed by atoms with Crippen LogP contribution in [0.25, 0.3) is 0 Å². The van der Waals surface area contributed by atoms with E-state index in [-0.39, 0.29) is 18.0 Å². The molecule has 36 heavy (non-hydrogen) atoms. The molecular formula is C25H36N8O3. The fourth-order valence-electron chi connectivity index (χ4n) is 5.78. The highest BCUT2D eigenvalue weighted by Gasteiger charge is 2.39. The molecule has 3 aliphatic heterocycles. The molecule has 0 aromatic carbocycles. The van der Waals surface area contributed by atoms with Gasteiger partial charge in [-0.15, -0.1) is 0 Å². The second kappa shape index (κ2) is 9.51. The van der Waals surface area contributed by atoms with Crippen molar-refractivity contribution in [3.63, 3.8) is 0 Å². The van der Waals surface area contributed by atoms with E-state index in [1.165, 1.54) is 0 Å². The van der Waals surface area contributed by atoms with Gasteiger partial charge >= 0.3 is 6.03 Å². The lowest BCUT2D eigenvalue weighted by Crippen LogP contribution is -2.57. The third kappa shape index (κ3) is 4.50. The monoisotopic (exact) mass is 496 g/mol. The summed E-state index contributed by atoms with van der Waals surface area (Å²) in [5, 5.41) is 17.4. The molecule has 3 N–H and O–H groups in total. The highest BCUT2D eigenvalue weighted by Crippen LogP contribution is 2.39. The van der Waals surface area contributed by atoms with Crippen LogP contribution in [-0.2, 0) is 11.3 Å². The first-order valence-electron chi connectivity index (χ1n) is 13.3. The third-order valence-corrected chi connectivity index (χ3v) is 8.30. The van der Waals surface area contributed by atoms with Gasteiger partial charge in [0.05, 0.1) is 24.0 Å². The van der Waals surface area contributed by atoms with Crippen molar-refractivity contribution in [1.29, 1.82) is 0 Å². The van der Waals surface area contributed by atoms with Gasteiger partial charge in [0.25, 0.3) is 5.91 Å². The van der Waals surface area contributed by atoms with Crippen molar-refractivity contribution in [2.45, 2.75) is 64.1 Å². The molecule has 194 valence electrons. The Morgan fingerprint density at radius 1 is 1.11 bits per heavy atom. The van der Waals surface area contributed by atoms with E-state index in [0.717, 1.165) is 82.0 Å². The van der Waals surface area contributed by atoms with E-state index >= 15 is 0 Å². The van der Waals surface area contributed by atoms with Gasteiger partial charge in [0.15, 0.2) is 5.82 Å². The van der Waals surface area contributed by atoms with Gasteiger partial charge in [0, 0.05) is 56.9 Å². The van der Waals surface area contributed by atoms with Gasteiger partial charge in [0.2, 0.25) is 0 Å². The van der Waals surface area contributed by atoms with E-state index in [1.807, 2.05) is 22.8 Å². The average Bonchev–Trinajstić information content (AvgIpc) is 3.33. The maximum absolute atomic E-state index is 13.5. The Bertz CT molecular complexity index is 1120. The minimum Gasteiger partial charge on any atom is -0.381 e. The second-order valence-electron chi connectivity index (χ2n) is 10.8. The summed E-state index contributed by atoms with van der Waals surface area (Å²) >= 11 is 0. The number of carbonyl (C=O) groups excluding carboxylic acids is 2. The largest absolute Gasteiger partial charge is 0.381 e. The van der Waals surface area contributed by atoms with E-state index in [1.54, 1.807) is 0 Å². The fourth-order valence-corrected chi connectivity index (χ4v) is 5.78. The van der Waals surface area contributed by atoms with E-state index < -0.39 is 0 Å². The standard InChI is InChI=1S/C25H36N8O3/c1-15-12-32(8-7-31(15)13-17-5-9-36-10-6-17)25(35)33-14-19-22(16(33)2)29-30-23(19)26-24(34)21-11-20(27-28-21)18-3-4-18/h11,15-18H,3-10,12-14H2,1-2H3,(H,27,28)(H2,26,29,30,34)/t15-,16?/m1/s1. The number of rotatable bonds is 5. The van der Waals surface area contributed by atoms with Gasteiger partial charge in [-0.05, 0) is 51.5 Å². The van der Waals surface area contributed by atoms with Crippen LogP contribution in [0.15, 0.2) is 6.07 Å². The summed E-state index contributed by atoms with van der Waals surface area (Å²) < 4.78 is 5.50. The van der Waals surface area contributed by atoms with Crippen LogP contribution >= 0.6 is 0 Å². The summed E-state index contributed by atoms with van der Waals surface area (Å²) in [4.78, 5) is 32.7. The van der Waals surface area contributed by atoms with E-state index in [4.69, 9.17) is 4.74 Å². The Morgan fingerprint density at radius 3 is 2.67 bits per heavy atom. The van der Waals surface area contributed by atoms with Crippen LogP contribution in [0.5, 0.6) is 0 Å². The number of amides is 3. The number of H-pyrrole nitrogens is 2. The van der Waals surface area contributed by atoms with E-state index in [0.29, 0.717) is 35.9 Å². The molecule has 11 nitrogen and oxygen atoms in total. The van der Waals surface area contributed by atoms with Crippen LogP contribution in [0.3, 0.4) is 0 Å². The van der Waals surface area contributed by atoms with Crippen molar-refractivity contribution in [3.8, 4) is 0 Å². The van der Waals surface area contributed by atoms with Crippen LogP contribution < -0.4 is 5.32 Å². The highest BCUT2D eigenvalue weighted by molar-refractivity contribution is 6.03. The zero-order valence-electron chi connectivity index (χ0n) is 21.1. The average molecular weight is 497 g/mol. The Balaban J connectivity index is 1.07. The molecule has 5 heterocycles. The SMILES string of the molecule is CC1c2[nH]nc(NC(=O)c3cc(C4CC4)n[nH]3)c2CN1C(=O)N1CCN(CC2CCOCC2)[C@H](C)C1. The van der Waals surface area contributed by atoms with Crippen molar-refractivity contribution in [3.05, 3.63) is 28.7 Å². The molecule has 0 bridgehead atoms. The summed E-state index contributed by atoms with van der Waals surface area (Å²) in [5.41, 5.74) is 3.13. The summed E-state index contributed by atoms with van der Waals surface area (Å²) in [6, 6.07) is 2.06. The molecule has 11 heteroatoms. The van der Waals surface area contributed by atoms with Crippen LogP contribution in [0.2, 0.25) is 0 Å². The lowest BCUT2D eigenvalue weighted by atomic mass is 9.98. The molecule has 2 atom stereocenters. The van der Waals surface area contributed by atoms with Crippen LogP contribution in [0, 0.1) is 5.92 Å². The third-order valence-electron chi connectivity index (χ3n) is 8.30. The quantitative estimate of drug-likeness (QED) is 0.585. The number of carbonyl (C=O) groups is 2. The maximum atomic E-state index is 13.5. The molecule has 0 spiro atoms. The van der Waals surface area contributed by atoms with Crippen molar-refractivity contribution >= 4 is 17.8 Å². The summed E-state index contributed by atoms with van der Waals surface area (Å²) in [6.45, 7) is 9.83. The van der Waals surface area contributed by atoms with Crippen LogP contribution in [0.1, 0.15) is 78.9 Å². The van der Waals surface area contributed by atoms with Gasteiger partial charge in [-0.25, -0.2) is 4.79 Å². The molecule has 1 saturated carbocycles. The Kier molecular flexibility index (Phi) is 6.20. The molecule has 1 aliphatic carbocycles. The summed E-state index contributed by atoms with van der Waals surface area (Å²) in [5.74, 6) is 1.38. The first-order valence-corrected chi connectivity index (χ1v) is 13.3. The molecule has 1 unspecified atom stereocenters. The number of nitrogens with zero attached hydrogens (tertiary/aromatic N) is 5. The number of hydrogen-bond donors (Lipinski definition) is 3. The smallest absolute Gasteiger partial charge is 0.320 e. The van der Waals surface area contributed by atoms with Crippen LogP contribution in [0.4, 0.5) is 10.6 Å². The molecule has 2 saturated heterocycles.